The molecule has 0 heterocycles. The van der Waals surface area contributed by atoms with E-state index in [4.69, 9.17) is 0 Å². The van der Waals surface area contributed by atoms with Gasteiger partial charge in [0.25, 0.3) is 0 Å². The second-order valence-electron chi connectivity index (χ2n) is 5.19. The third-order valence-electron chi connectivity index (χ3n) is 3.58. The van der Waals surface area contributed by atoms with Gasteiger partial charge in [0.2, 0.25) is 0 Å². The molecule has 21 heavy (non-hydrogen) atoms. The lowest BCUT2D eigenvalue weighted by atomic mass is 9.94. The van der Waals surface area contributed by atoms with Gasteiger partial charge in [-0.15, -0.1) is 0 Å². The zero-order chi connectivity index (χ0) is 15.1. The quantitative estimate of drug-likeness (QED) is 0.728. The van der Waals surface area contributed by atoms with Crippen LogP contribution in [0.1, 0.15) is 30.9 Å². The summed E-state index contributed by atoms with van der Waals surface area (Å²) in [7, 11) is 0. The van der Waals surface area contributed by atoms with E-state index in [-0.39, 0.29) is 0 Å². The average Bonchev–Trinajstić information content (AvgIpc) is 2.52. The molecule has 1 aliphatic rings. The van der Waals surface area contributed by atoms with E-state index in [1.807, 2.05) is 0 Å². The van der Waals surface area contributed by atoms with E-state index in [0.717, 1.165) is 19.3 Å². The number of carbonyl (C=O) groups excluding carboxylic acids is 1. The van der Waals surface area contributed by atoms with Crippen molar-refractivity contribution in [1.82, 2.24) is 10.6 Å². The van der Waals surface area contributed by atoms with Crippen LogP contribution in [0.15, 0.2) is 42.5 Å². The first-order valence-corrected chi connectivity index (χ1v) is 7.14. The number of hydrogen-bond donors (Lipinski definition) is 3. The minimum atomic E-state index is -1.07. The molecule has 0 bridgehead atoms. The van der Waals surface area contributed by atoms with Gasteiger partial charge in [-0.1, -0.05) is 42.5 Å². The molecule has 1 aromatic carbocycles. The molecule has 112 valence electrons. The maximum Gasteiger partial charge on any atom is 0.330 e. The third-order valence-corrected chi connectivity index (χ3v) is 3.58. The van der Waals surface area contributed by atoms with Crippen LogP contribution in [0.2, 0.25) is 0 Å². The van der Waals surface area contributed by atoms with Gasteiger partial charge < -0.3 is 15.7 Å². The monoisotopic (exact) mass is 288 g/mol. The molecule has 0 aromatic heterocycles. The van der Waals surface area contributed by atoms with Crippen molar-refractivity contribution in [3.63, 3.8) is 0 Å². The number of carbonyl (C=O) groups is 2. The minimum absolute atomic E-state index is 0.431. The van der Waals surface area contributed by atoms with Crippen LogP contribution in [0.3, 0.4) is 0 Å². The van der Waals surface area contributed by atoms with E-state index in [1.54, 1.807) is 30.3 Å². The number of carboxylic acids is 1. The van der Waals surface area contributed by atoms with Crippen molar-refractivity contribution in [2.45, 2.75) is 25.3 Å². The molecule has 3 N–H and O–H groups in total. The number of amides is 2. The number of benzene rings is 1. The highest BCUT2D eigenvalue weighted by Gasteiger charge is 2.22. The van der Waals surface area contributed by atoms with Crippen molar-refractivity contribution in [3.05, 3.63) is 48.0 Å². The Bertz CT molecular complexity index is 514. The summed E-state index contributed by atoms with van der Waals surface area (Å²) >= 11 is 0. The van der Waals surface area contributed by atoms with Gasteiger partial charge in [-0.25, -0.2) is 9.59 Å². The smallest absolute Gasteiger partial charge is 0.330 e. The Kier molecular flexibility index (Phi) is 5.37. The summed E-state index contributed by atoms with van der Waals surface area (Å²) in [4.78, 5) is 23.2. The number of aliphatic carboxylic acids is 1. The predicted molar refractivity (Wildman–Crippen MR) is 79.8 cm³/mol. The second kappa shape index (κ2) is 7.47. The molecule has 0 saturated carbocycles. The van der Waals surface area contributed by atoms with Crippen LogP contribution < -0.4 is 10.6 Å². The molecule has 0 spiro atoms. The Labute approximate surface area is 124 Å². The van der Waals surface area contributed by atoms with E-state index in [9.17, 15) is 14.7 Å². The summed E-state index contributed by atoms with van der Waals surface area (Å²) in [6.45, 7) is 0.567. The Morgan fingerprint density at radius 1 is 1.24 bits per heavy atom. The van der Waals surface area contributed by atoms with E-state index in [0.29, 0.717) is 18.0 Å². The molecule has 0 fully saturated rings. The summed E-state index contributed by atoms with van der Waals surface area (Å²) in [5, 5.41) is 14.5. The Morgan fingerprint density at radius 2 is 2.00 bits per heavy atom. The SMILES string of the molecule is O=C(NCC1CC=CCC1)N[C@@H](C(=O)O)c1ccccc1. The molecule has 2 rings (SSSR count). The standard InChI is InChI=1S/C16H20N2O3/c19-15(20)14(13-9-5-2-6-10-13)18-16(21)17-11-12-7-3-1-4-8-12/h1-3,5-6,9-10,12,14H,4,7-8,11H2,(H,19,20)(H2,17,18,21)/t12?,14-/m1/s1. The first-order valence-electron chi connectivity index (χ1n) is 7.14. The van der Waals surface area contributed by atoms with Gasteiger partial charge in [0.15, 0.2) is 6.04 Å². The fourth-order valence-electron chi connectivity index (χ4n) is 2.39. The molecule has 0 saturated heterocycles. The molecule has 2 atom stereocenters. The zero-order valence-corrected chi connectivity index (χ0v) is 11.8. The molecule has 2 amide bonds. The topological polar surface area (TPSA) is 78.4 Å². The minimum Gasteiger partial charge on any atom is -0.479 e. The largest absolute Gasteiger partial charge is 0.479 e. The van der Waals surface area contributed by atoms with Crippen LogP contribution in [0.4, 0.5) is 4.79 Å². The summed E-state index contributed by atoms with van der Waals surface area (Å²) < 4.78 is 0. The first kappa shape index (κ1) is 15.1. The van der Waals surface area contributed by atoms with E-state index in [1.165, 1.54) is 0 Å². The maximum absolute atomic E-state index is 11.9. The van der Waals surface area contributed by atoms with Gasteiger partial charge >= 0.3 is 12.0 Å². The van der Waals surface area contributed by atoms with Crippen molar-refractivity contribution in [2.24, 2.45) is 5.92 Å². The lowest BCUT2D eigenvalue weighted by Crippen LogP contribution is -2.42. The summed E-state index contributed by atoms with van der Waals surface area (Å²) in [5.41, 5.74) is 0.556. The molecule has 0 aliphatic heterocycles. The van der Waals surface area contributed by atoms with Gasteiger partial charge in [-0.05, 0) is 30.7 Å². The molecular formula is C16H20N2O3. The zero-order valence-electron chi connectivity index (χ0n) is 11.8. The van der Waals surface area contributed by atoms with Gasteiger partial charge in [0.05, 0.1) is 0 Å². The van der Waals surface area contributed by atoms with Crippen LogP contribution in [0.5, 0.6) is 0 Å². The number of allylic oxidation sites excluding steroid dienone is 2. The third kappa shape index (κ3) is 4.63. The summed E-state index contributed by atoms with van der Waals surface area (Å²) in [6, 6.07) is 7.20. The highest BCUT2D eigenvalue weighted by molar-refractivity contribution is 5.83. The van der Waals surface area contributed by atoms with E-state index >= 15 is 0 Å². The fraction of sp³-hybridized carbons (Fsp3) is 0.375. The van der Waals surface area contributed by atoms with E-state index < -0.39 is 18.0 Å². The molecule has 5 heteroatoms. The number of rotatable bonds is 5. The average molecular weight is 288 g/mol. The van der Waals surface area contributed by atoms with Crippen LogP contribution in [0.25, 0.3) is 0 Å². The van der Waals surface area contributed by atoms with Gasteiger partial charge in [-0.2, -0.15) is 0 Å². The van der Waals surface area contributed by atoms with Crippen molar-refractivity contribution in [2.75, 3.05) is 6.54 Å². The van der Waals surface area contributed by atoms with Crippen LogP contribution in [0, 0.1) is 5.92 Å². The second-order valence-corrected chi connectivity index (χ2v) is 5.19. The molecule has 0 radical (unpaired) electrons. The van der Waals surface area contributed by atoms with Gasteiger partial charge in [-0.3, -0.25) is 0 Å². The van der Waals surface area contributed by atoms with Crippen molar-refractivity contribution in [1.29, 1.82) is 0 Å². The molecular weight excluding hydrogens is 268 g/mol. The fourth-order valence-corrected chi connectivity index (χ4v) is 2.39. The van der Waals surface area contributed by atoms with Crippen LogP contribution >= 0.6 is 0 Å². The first-order chi connectivity index (χ1) is 10.2. The van der Waals surface area contributed by atoms with Crippen molar-refractivity contribution < 1.29 is 14.7 Å². The highest BCUT2D eigenvalue weighted by atomic mass is 16.4. The van der Waals surface area contributed by atoms with E-state index in [2.05, 4.69) is 22.8 Å². The van der Waals surface area contributed by atoms with Crippen molar-refractivity contribution >= 4 is 12.0 Å². The van der Waals surface area contributed by atoms with Crippen molar-refractivity contribution in [3.8, 4) is 0 Å². The number of carboxylic acid groups (broad SMARTS) is 1. The summed E-state index contributed by atoms with van der Waals surface area (Å²) in [6.07, 6.45) is 7.32. The predicted octanol–water partition coefficient (Wildman–Crippen LogP) is 2.47. The van der Waals surface area contributed by atoms with Gasteiger partial charge in [0, 0.05) is 6.54 Å². The number of urea groups is 1. The Hall–Kier alpha value is -2.30. The molecule has 1 unspecified atom stereocenters. The Balaban J connectivity index is 1.87. The molecule has 1 aliphatic carbocycles. The normalized spacial score (nSPS) is 18.8. The van der Waals surface area contributed by atoms with Crippen LogP contribution in [-0.4, -0.2) is 23.7 Å². The Morgan fingerprint density at radius 3 is 2.62 bits per heavy atom. The number of nitrogens with one attached hydrogen (secondary N) is 2. The highest BCUT2D eigenvalue weighted by Crippen LogP contribution is 2.17. The lowest BCUT2D eigenvalue weighted by Gasteiger charge is -2.20. The summed E-state index contributed by atoms with van der Waals surface area (Å²) in [5.74, 6) is -0.641. The number of hydrogen-bond acceptors (Lipinski definition) is 2. The maximum atomic E-state index is 11.9. The lowest BCUT2D eigenvalue weighted by molar-refractivity contribution is -0.139. The molecule has 1 aromatic rings. The molecule has 5 nitrogen and oxygen atoms in total. The van der Waals surface area contributed by atoms with Crippen LogP contribution in [-0.2, 0) is 4.79 Å². The van der Waals surface area contributed by atoms with Gasteiger partial charge in [0.1, 0.15) is 0 Å².